The molecule has 2 aromatic carbocycles. The number of aromatic nitrogens is 3. The molecule has 1 aliphatic rings. The minimum Gasteiger partial charge on any atom is -0.493 e. The number of nitrogens with zero attached hydrogens (tertiary/aromatic N) is 4. The van der Waals surface area contributed by atoms with Gasteiger partial charge in [-0.1, -0.05) is 37.2 Å². The average molecular weight is 497 g/mol. The number of aromatic amines is 1. The van der Waals surface area contributed by atoms with Crippen LogP contribution in [0.5, 0.6) is 5.75 Å². The lowest BCUT2D eigenvalue weighted by Crippen LogP contribution is -2.60. The number of rotatable bonds is 8. The Morgan fingerprint density at radius 1 is 1.29 bits per heavy atom. The Labute approximate surface area is 206 Å². The number of anilines is 1. The average Bonchev–Trinajstić information content (AvgIpc) is 2.83. The zero-order valence-corrected chi connectivity index (χ0v) is 20.5. The topological polar surface area (TPSA) is 122 Å². The van der Waals surface area contributed by atoms with E-state index in [2.05, 4.69) is 11.9 Å². The van der Waals surface area contributed by atoms with Gasteiger partial charge in [-0.05, 0) is 36.2 Å². The highest BCUT2D eigenvalue weighted by Gasteiger charge is 2.46. The summed E-state index contributed by atoms with van der Waals surface area (Å²) in [5.41, 5.74) is 1.16. The quantitative estimate of drug-likeness (QED) is 0.165. The third-order valence-corrected chi connectivity index (χ3v) is 6.57. The van der Waals surface area contributed by atoms with Crippen molar-refractivity contribution in [2.24, 2.45) is 0 Å². The van der Waals surface area contributed by atoms with Gasteiger partial charge in [0, 0.05) is 29.9 Å². The van der Waals surface area contributed by atoms with E-state index in [0.717, 1.165) is 18.6 Å². The lowest BCUT2D eigenvalue weighted by Gasteiger charge is -2.31. The highest BCUT2D eigenvalue weighted by Crippen LogP contribution is 2.40. The Balaban J connectivity index is 2.04. The Hall–Kier alpha value is -3.73. The Bertz CT molecular complexity index is 1340. The summed E-state index contributed by atoms with van der Waals surface area (Å²) in [6.07, 6.45) is 0.975. The highest BCUT2D eigenvalue weighted by molar-refractivity contribution is 7.99. The van der Waals surface area contributed by atoms with Gasteiger partial charge < -0.3 is 4.74 Å². The predicted octanol–water partition coefficient (Wildman–Crippen LogP) is 3.84. The fourth-order valence-corrected chi connectivity index (χ4v) is 5.05. The van der Waals surface area contributed by atoms with E-state index in [1.165, 1.54) is 46.5 Å². The van der Waals surface area contributed by atoms with Crippen LogP contribution in [0.25, 0.3) is 11.3 Å². The zero-order valence-electron chi connectivity index (χ0n) is 19.7. The number of amides is 1. The van der Waals surface area contributed by atoms with Gasteiger partial charge in [-0.3, -0.25) is 24.7 Å². The van der Waals surface area contributed by atoms with Crippen molar-refractivity contribution in [1.82, 2.24) is 10.1 Å². The lowest BCUT2D eigenvalue weighted by atomic mass is 10.0. The molecule has 1 amide bonds. The maximum atomic E-state index is 13.3. The maximum Gasteiger partial charge on any atom is 0.325 e. The maximum absolute atomic E-state index is 13.3. The molecule has 0 saturated heterocycles. The minimum absolute atomic E-state index is 0.157. The van der Waals surface area contributed by atoms with Crippen molar-refractivity contribution in [3.05, 3.63) is 68.5 Å². The van der Waals surface area contributed by atoms with Crippen LogP contribution in [-0.4, -0.2) is 33.3 Å². The molecule has 0 spiro atoms. The van der Waals surface area contributed by atoms with Gasteiger partial charge in [0.15, 0.2) is 0 Å². The van der Waals surface area contributed by atoms with Gasteiger partial charge in [0.05, 0.1) is 28.3 Å². The summed E-state index contributed by atoms with van der Waals surface area (Å²) in [7, 11) is 0. The number of ether oxygens (including phenoxy) is 1. The number of H-pyrrole nitrogens is 1. The van der Waals surface area contributed by atoms with Crippen LogP contribution in [0.3, 0.4) is 0 Å². The molecule has 0 saturated carbocycles. The van der Waals surface area contributed by atoms with Crippen LogP contribution in [0.2, 0.25) is 0 Å². The number of para-hydroxylation sites is 1. The number of fused-ring (bicyclic) bond motifs is 3. The van der Waals surface area contributed by atoms with Crippen LogP contribution in [-0.2, 0) is 4.79 Å². The molecular weight excluding hydrogens is 470 g/mol. The second-order valence-electron chi connectivity index (χ2n) is 7.95. The number of thioether (sulfide) groups is 1. The van der Waals surface area contributed by atoms with Gasteiger partial charge in [-0.2, -0.15) is 0 Å². The van der Waals surface area contributed by atoms with E-state index in [9.17, 15) is 19.7 Å². The van der Waals surface area contributed by atoms with Crippen molar-refractivity contribution >= 4 is 29.0 Å². The molecule has 0 bridgehead atoms. The summed E-state index contributed by atoms with van der Waals surface area (Å²) >= 11 is 1.41. The van der Waals surface area contributed by atoms with Crippen molar-refractivity contribution in [2.45, 2.75) is 44.9 Å². The molecule has 1 atom stereocenters. The van der Waals surface area contributed by atoms with E-state index in [-0.39, 0.29) is 22.8 Å². The Morgan fingerprint density at radius 3 is 2.74 bits per heavy atom. The summed E-state index contributed by atoms with van der Waals surface area (Å²) in [6.45, 7) is 5.61. The van der Waals surface area contributed by atoms with Crippen LogP contribution in [0.1, 0.15) is 45.3 Å². The number of carbonyl (C=O) groups is 1. The molecular formula is C24H26N5O5S+. The molecule has 3 aromatic rings. The van der Waals surface area contributed by atoms with Crippen LogP contribution in [0, 0.1) is 10.1 Å². The number of nitro groups is 1. The first-order valence-corrected chi connectivity index (χ1v) is 12.3. The lowest BCUT2D eigenvalue weighted by molar-refractivity contribution is -0.763. The monoisotopic (exact) mass is 496 g/mol. The minimum atomic E-state index is -0.966. The van der Waals surface area contributed by atoms with E-state index >= 15 is 0 Å². The van der Waals surface area contributed by atoms with Gasteiger partial charge in [0.2, 0.25) is 11.1 Å². The summed E-state index contributed by atoms with van der Waals surface area (Å²) in [6, 6.07) is 11.3. The van der Waals surface area contributed by atoms with Gasteiger partial charge in [0.25, 0.3) is 11.9 Å². The molecule has 4 rings (SSSR count). The van der Waals surface area contributed by atoms with Crippen molar-refractivity contribution in [2.75, 3.05) is 17.3 Å². The number of non-ortho nitro benzene ring substituents is 1. The van der Waals surface area contributed by atoms with Crippen LogP contribution >= 0.6 is 11.8 Å². The summed E-state index contributed by atoms with van der Waals surface area (Å²) in [4.78, 5) is 41.9. The molecule has 1 N–H and O–H groups in total. The van der Waals surface area contributed by atoms with Crippen LogP contribution in [0.15, 0.2) is 52.4 Å². The van der Waals surface area contributed by atoms with Gasteiger partial charge in [0.1, 0.15) is 5.75 Å². The number of benzene rings is 2. The first-order chi connectivity index (χ1) is 16.9. The number of nitrogens with one attached hydrogen (secondary N) is 1. The van der Waals surface area contributed by atoms with Gasteiger partial charge >= 0.3 is 11.3 Å². The number of unbranched alkanes of at least 4 members (excludes halogenated alkanes) is 1. The predicted molar refractivity (Wildman–Crippen MR) is 132 cm³/mol. The van der Waals surface area contributed by atoms with Gasteiger partial charge in [-0.25, -0.2) is 4.90 Å². The Morgan fingerprint density at radius 2 is 2.06 bits per heavy atom. The van der Waals surface area contributed by atoms with Crippen LogP contribution in [0.4, 0.5) is 11.4 Å². The second kappa shape index (κ2) is 10.3. The normalized spacial score (nSPS) is 14.3. The fraction of sp³-hybridized carbons (Fsp3) is 0.333. The molecule has 35 heavy (non-hydrogen) atoms. The molecule has 1 aromatic heterocycles. The zero-order chi connectivity index (χ0) is 25.1. The number of hydrogen-bond acceptors (Lipinski definition) is 7. The number of carbonyl (C=O) groups excluding carboxylic acids is 1. The van der Waals surface area contributed by atoms with Crippen molar-refractivity contribution in [3.63, 3.8) is 0 Å². The van der Waals surface area contributed by atoms with E-state index in [4.69, 9.17) is 9.84 Å². The third-order valence-electron chi connectivity index (χ3n) is 5.62. The van der Waals surface area contributed by atoms with Gasteiger partial charge in [-0.15, -0.1) is 0 Å². The summed E-state index contributed by atoms with van der Waals surface area (Å²) < 4.78 is 7.29. The molecule has 0 aliphatic carbocycles. The number of nitro benzene ring substituents is 1. The van der Waals surface area contributed by atoms with Crippen LogP contribution < -0.4 is 19.9 Å². The Kier molecular flexibility index (Phi) is 7.15. The largest absolute Gasteiger partial charge is 0.493 e. The summed E-state index contributed by atoms with van der Waals surface area (Å²) in [5.74, 6) is 0.823. The summed E-state index contributed by atoms with van der Waals surface area (Å²) in [5, 5.41) is 16.7. The van der Waals surface area contributed by atoms with E-state index in [0.29, 0.717) is 34.3 Å². The smallest absolute Gasteiger partial charge is 0.325 e. The second-order valence-corrected chi connectivity index (χ2v) is 9.03. The van der Waals surface area contributed by atoms with E-state index < -0.39 is 11.1 Å². The van der Waals surface area contributed by atoms with E-state index in [1.807, 2.05) is 0 Å². The molecule has 1 aliphatic heterocycles. The van der Waals surface area contributed by atoms with E-state index in [1.54, 1.807) is 31.2 Å². The molecule has 10 nitrogen and oxygen atoms in total. The standard InChI is InChI=1S/C24H25N5O5S/c1-4-6-13-35-24-25-22(31)21-17-9-7-8-10-19(17)27(15(3)30)23(28(21)26-24)18-14-16(29(32)33)11-12-20(18)34-5-2/h7-12,14,23H,4-6,13H2,1-3H3/p+1/t23-/m0/s1. The first kappa shape index (κ1) is 24.4. The first-order valence-electron chi connectivity index (χ1n) is 11.4. The molecule has 0 unspecified atom stereocenters. The van der Waals surface area contributed by atoms with Crippen molar-refractivity contribution in [1.29, 1.82) is 0 Å². The van der Waals surface area contributed by atoms with Crippen molar-refractivity contribution in [3.8, 4) is 17.0 Å². The SMILES string of the molecule is CCCCSc1n[n+]2c(c(=O)[nH]1)-c1ccccc1N(C(C)=O)[C@@H]2c1cc([N+](=O)[O-])ccc1OCC. The molecule has 0 radical (unpaired) electrons. The molecule has 0 fully saturated rings. The molecule has 182 valence electrons. The van der Waals surface area contributed by atoms with Crippen molar-refractivity contribution < 1.29 is 19.1 Å². The number of hydrogen-bond donors (Lipinski definition) is 1. The fourth-order valence-electron chi connectivity index (χ4n) is 4.11. The molecule has 2 heterocycles. The molecule has 11 heteroatoms. The highest BCUT2D eigenvalue weighted by atomic mass is 32.2. The third kappa shape index (κ3) is 4.63.